The molecule has 0 fully saturated rings. The molecule has 4 nitrogen and oxygen atoms in total. The van der Waals surface area contributed by atoms with Crippen LogP contribution in [0.15, 0.2) is 18.3 Å². The highest BCUT2D eigenvalue weighted by Gasteiger charge is 2.26. The lowest BCUT2D eigenvalue weighted by Gasteiger charge is -2.24. The molecule has 0 radical (unpaired) electrons. The fourth-order valence-corrected chi connectivity index (χ4v) is 3.74. The second-order valence-corrected chi connectivity index (χ2v) is 7.45. The van der Waals surface area contributed by atoms with Crippen molar-refractivity contribution in [3.05, 3.63) is 29.7 Å². The lowest BCUT2D eigenvalue weighted by molar-refractivity contribution is -0.119. The summed E-state index contributed by atoms with van der Waals surface area (Å²) in [4.78, 5) is 11.2. The number of fused-ring (bicyclic) bond motifs is 1. The molecule has 1 heterocycles. The number of halogens is 2. The van der Waals surface area contributed by atoms with Gasteiger partial charge < -0.3 is 10.1 Å². The van der Waals surface area contributed by atoms with Crippen LogP contribution in [-0.2, 0) is 10.2 Å². The number of aromatic nitrogens is 1. The molecule has 0 atom stereocenters. The molecule has 2 aromatic rings. The third kappa shape index (κ3) is 3.34. The first-order valence-corrected chi connectivity index (χ1v) is 10.0. The molecule has 1 N–H and O–H groups in total. The van der Waals surface area contributed by atoms with Gasteiger partial charge in [-0.05, 0) is 11.6 Å². The zero-order chi connectivity index (χ0) is 16.5. The number of hydrogen-bond acceptors (Lipinski definition) is 3. The van der Waals surface area contributed by atoms with Crippen LogP contribution in [0.25, 0.3) is 10.9 Å². The number of hydrogen-bond donors (Lipinski definition) is 1. The molecular formula is C15H18FIN2O2S. The number of methoxy groups -OCH3 is 1. The monoisotopic (exact) mass is 436 g/mol. The molecule has 0 spiro atoms. The highest BCUT2D eigenvalue weighted by atomic mass is 127. The van der Waals surface area contributed by atoms with Crippen LogP contribution in [0.2, 0.25) is 0 Å². The van der Waals surface area contributed by atoms with E-state index >= 15 is 0 Å². The number of carbonyl (C=O) groups excluding carboxylic acids is 1. The first-order chi connectivity index (χ1) is 10.3. The minimum Gasteiger partial charge on any atom is -0.494 e. The van der Waals surface area contributed by atoms with Gasteiger partial charge in [0.2, 0.25) is 5.91 Å². The first-order valence-electron chi connectivity index (χ1n) is 6.72. The largest absolute Gasteiger partial charge is 0.494 e. The van der Waals surface area contributed by atoms with Crippen LogP contribution in [-0.4, -0.2) is 23.5 Å². The lowest BCUT2D eigenvalue weighted by atomic mass is 9.84. The minimum absolute atomic E-state index is 0.0660. The van der Waals surface area contributed by atoms with Gasteiger partial charge in [-0.2, -0.15) is 0 Å². The van der Waals surface area contributed by atoms with Crippen molar-refractivity contribution >= 4 is 47.1 Å². The molecule has 1 aromatic carbocycles. The van der Waals surface area contributed by atoms with Gasteiger partial charge in [0.25, 0.3) is 0 Å². The van der Waals surface area contributed by atoms with Gasteiger partial charge >= 0.3 is 0 Å². The summed E-state index contributed by atoms with van der Waals surface area (Å²) in [6.45, 7) is 6.11. The fraction of sp³-hybridized carbons (Fsp3) is 0.400. The molecule has 0 aliphatic heterocycles. The standard InChI is InChI=1S/C15H18FIN2O2S/c1-9(20)18-8-15(2,3)11-7-19(22-17)13-6-12(16)14(21-4)5-10(11)13/h5-7H,8H2,1-4H3,(H,18,20). The number of nitrogens with zero attached hydrogens (tertiary/aromatic N) is 1. The van der Waals surface area contributed by atoms with Gasteiger partial charge in [0, 0.05) is 66.9 Å². The van der Waals surface area contributed by atoms with Gasteiger partial charge in [0.15, 0.2) is 11.6 Å². The van der Waals surface area contributed by atoms with Crippen LogP contribution in [0.5, 0.6) is 5.75 Å². The second-order valence-electron chi connectivity index (χ2n) is 5.74. The molecule has 120 valence electrons. The summed E-state index contributed by atoms with van der Waals surface area (Å²) in [7, 11) is 2.93. The Morgan fingerprint density at radius 2 is 2.18 bits per heavy atom. The Hall–Kier alpha value is -0.960. The maximum atomic E-state index is 14.0. The topological polar surface area (TPSA) is 43.3 Å². The van der Waals surface area contributed by atoms with Crippen molar-refractivity contribution in [3.8, 4) is 5.75 Å². The van der Waals surface area contributed by atoms with Gasteiger partial charge in [-0.25, -0.2) is 4.39 Å². The fourth-order valence-electron chi connectivity index (χ4n) is 2.39. The Labute approximate surface area is 145 Å². The average molecular weight is 436 g/mol. The molecule has 1 amide bonds. The molecule has 7 heteroatoms. The van der Waals surface area contributed by atoms with Crippen LogP contribution >= 0.6 is 30.3 Å². The Morgan fingerprint density at radius 3 is 2.73 bits per heavy atom. The Kier molecular flexibility index (Phi) is 5.26. The number of benzene rings is 1. The summed E-state index contributed by atoms with van der Waals surface area (Å²) in [5.41, 5.74) is 1.55. The van der Waals surface area contributed by atoms with Crippen molar-refractivity contribution in [1.29, 1.82) is 0 Å². The zero-order valence-corrected chi connectivity index (χ0v) is 15.8. The van der Waals surface area contributed by atoms with Gasteiger partial charge in [-0.3, -0.25) is 8.77 Å². The summed E-state index contributed by atoms with van der Waals surface area (Å²) in [6.07, 6.45) is 1.99. The summed E-state index contributed by atoms with van der Waals surface area (Å²) in [5, 5.41) is 3.78. The van der Waals surface area contributed by atoms with Gasteiger partial charge in [-0.15, -0.1) is 0 Å². The quantitative estimate of drug-likeness (QED) is 0.720. The molecular weight excluding hydrogens is 418 g/mol. The van der Waals surface area contributed by atoms with E-state index < -0.39 is 0 Å². The first kappa shape index (κ1) is 17.4. The van der Waals surface area contributed by atoms with E-state index in [1.54, 1.807) is 6.07 Å². The number of carbonyl (C=O) groups is 1. The van der Waals surface area contributed by atoms with Crippen LogP contribution in [0, 0.1) is 5.82 Å². The van der Waals surface area contributed by atoms with E-state index in [1.165, 1.54) is 29.2 Å². The maximum absolute atomic E-state index is 14.0. The predicted octanol–water partition coefficient (Wildman–Crippen LogP) is 4.05. The van der Waals surface area contributed by atoms with Crippen LogP contribution in [0.4, 0.5) is 4.39 Å². The normalized spacial score (nSPS) is 11.7. The van der Waals surface area contributed by atoms with Crippen LogP contribution in [0.3, 0.4) is 0 Å². The van der Waals surface area contributed by atoms with Crippen molar-refractivity contribution in [2.75, 3.05) is 13.7 Å². The third-order valence-electron chi connectivity index (χ3n) is 3.63. The Balaban J connectivity index is 2.60. The van der Waals surface area contributed by atoms with E-state index in [2.05, 4.69) is 40.4 Å². The van der Waals surface area contributed by atoms with Gasteiger partial charge in [0.05, 0.1) is 12.6 Å². The lowest BCUT2D eigenvalue weighted by Crippen LogP contribution is -2.35. The smallest absolute Gasteiger partial charge is 0.216 e. The molecule has 0 bridgehead atoms. The molecule has 0 saturated heterocycles. The summed E-state index contributed by atoms with van der Waals surface area (Å²) < 4.78 is 21.0. The van der Waals surface area contributed by atoms with Crippen molar-refractivity contribution in [3.63, 3.8) is 0 Å². The van der Waals surface area contributed by atoms with E-state index in [4.69, 9.17) is 4.74 Å². The molecule has 0 aliphatic carbocycles. The predicted molar refractivity (Wildman–Crippen MR) is 97.2 cm³/mol. The molecule has 0 saturated carbocycles. The minimum atomic E-state index is -0.383. The number of nitrogens with one attached hydrogen (secondary N) is 1. The van der Waals surface area contributed by atoms with E-state index in [1.807, 2.05) is 10.2 Å². The van der Waals surface area contributed by atoms with Crippen molar-refractivity contribution in [1.82, 2.24) is 9.29 Å². The van der Waals surface area contributed by atoms with Crippen molar-refractivity contribution in [2.24, 2.45) is 0 Å². The maximum Gasteiger partial charge on any atom is 0.216 e. The van der Waals surface area contributed by atoms with Crippen LogP contribution < -0.4 is 10.1 Å². The highest BCUT2D eigenvalue weighted by Crippen LogP contribution is 2.38. The van der Waals surface area contributed by atoms with E-state index in [9.17, 15) is 9.18 Å². The molecule has 0 unspecified atom stereocenters. The number of rotatable bonds is 5. The SMILES string of the molecule is COc1cc2c(C(C)(C)CNC(C)=O)cn(SI)c2cc1F. The number of amides is 1. The zero-order valence-electron chi connectivity index (χ0n) is 12.9. The highest BCUT2D eigenvalue weighted by molar-refractivity contribution is 14.2. The van der Waals surface area contributed by atoms with E-state index in [0.717, 1.165) is 16.5 Å². The molecule has 2 rings (SSSR count). The van der Waals surface area contributed by atoms with Crippen molar-refractivity contribution in [2.45, 2.75) is 26.2 Å². The Morgan fingerprint density at radius 1 is 1.50 bits per heavy atom. The van der Waals surface area contributed by atoms with Crippen LogP contribution in [0.1, 0.15) is 26.3 Å². The Bertz CT molecular complexity index is 715. The van der Waals surface area contributed by atoms with E-state index in [-0.39, 0.29) is 22.9 Å². The van der Waals surface area contributed by atoms with E-state index in [0.29, 0.717) is 6.54 Å². The average Bonchev–Trinajstić information content (AvgIpc) is 2.82. The van der Waals surface area contributed by atoms with Crippen molar-refractivity contribution < 1.29 is 13.9 Å². The van der Waals surface area contributed by atoms with Gasteiger partial charge in [-0.1, -0.05) is 13.8 Å². The van der Waals surface area contributed by atoms with Gasteiger partial charge in [0.1, 0.15) is 0 Å². The summed E-state index contributed by atoms with van der Waals surface area (Å²) in [6, 6.07) is 3.21. The third-order valence-corrected chi connectivity index (χ3v) is 5.35. The summed E-state index contributed by atoms with van der Waals surface area (Å²) in [5.74, 6) is -0.227. The molecule has 1 aromatic heterocycles. The second kappa shape index (κ2) is 6.66. The molecule has 0 aliphatic rings. The molecule has 22 heavy (non-hydrogen) atoms. The number of ether oxygens (including phenoxy) is 1. The summed E-state index contributed by atoms with van der Waals surface area (Å²) >= 11 is 2.16.